The van der Waals surface area contributed by atoms with Gasteiger partial charge in [0.25, 0.3) is 0 Å². The molecule has 0 aliphatic heterocycles. The van der Waals surface area contributed by atoms with E-state index in [1.165, 1.54) is 13.5 Å². The first-order valence-corrected chi connectivity index (χ1v) is 5.86. The first kappa shape index (κ1) is 12.4. The summed E-state index contributed by atoms with van der Waals surface area (Å²) in [4.78, 5) is 0. The van der Waals surface area contributed by atoms with E-state index in [0.717, 1.165) is 18.4 Å². The number of alkyl halides is 3. The van der Waals surface area contributed by atoms with Gasteiger partial charge in [-0.25, -0.2) is 0 Å². The monoisotopic (exact) mass is 243 g/mol. The zero-order valence-corrected chi connectivity index (χ0v) is 9.72. The fourth-order valence-electron chi connectivity index (χ4n) is 2.22. The highest BCUT2D eigenvalue weighted by Crippen LogP contribution is 2.38. The van der Waals surface area contributed by atoms with E-state index < -0.39 is 12.2 Å². The molecule has 0 aromatic heterocycles. The number of hydrogen-bond donors (Lipinski definition) is 1. The zero-order valence-electron chi connectivity index (χ0n) is 9.72. The molecule has 0 spiro atoms. The Bertz CT molecular complexity index is 365. The summed E-state index contributed by atoms with van der Waals surface area (Å²) in [6.45, 7) is 0. The van der Waals surface area contributed by atoms with Crippen LogP contribution in [0.25, 0.3) is 0 Å². The summed E-state index contributed by atoms with van der Waals surface area (Å²) >= 11 is 0. The lowest BCUT2D eigenvalue weighted by Gasteiger charge is -2.26. The van der Waals surface area contributed by atoms with Gasteiger partial charge in [0.15, 0.2) is 0 Å². The van der Waals surface area contributed by atoms with Gasteiger partial charge in [-0.2, -0.15) is 13.2 Å². The molecule has 17 heavy (non-hydrogen) atoms. The van der Waals surface area contributed by atoms with Crippen LogP contribution < -0.4 is 5.32 Å². The number of nitrogens with one attached hydrogen (secondary N) is 1. The van der Waals surface area contributed by atoms with E-state index in [0.29, 0.717) is 5.92 Å². The van der Waals surface area contributed by atoms with E-state index in [2.05, 4.69) is 5.32 Å². The van der Waals surface area contributed by atoms with Crippen molar-refractivity contribution in [1.29, 1.82) is 0 Å². The Morgan fingerprint density at radius 3 is 2.12 bits per heavy atom. The number of hydrogen-bond acceptors (Lipinski definition) is 1. The molecule has 0 amide bonds. The van der Waals surface area contributed by atoms with E-state index in [4.69, 9.17) is 0 Å². The fraction of sp³-hybridized carbons (Fsp3) is 0.538. The van der Waals surface area contributed by atoms with Crippen LogP contribution in [0, 0.1) is 0 Å². The van der Waals surface area contributed by atoms with Crippen LogP contribution in [0.1, 0.15) is 42.3 Å². The third-order valence-electron chi connectivity index (χ3n) is 3.46. The molecule has 0 heterocycles. The molecule has 0 bridgehead atoms. The number of halogens is 3. The second-order valence-electron chi connectivity index (χ2n) is 4.56. The van der Waals surface area contributed by atoms with Gasteiger partial charge in [0.2, 0.25) is 0 Å². The van der Waals surface area contributed by atoms with Gasteiger partial charge in [0.05, 0.1) is 0 Å². The fourth-order valence-corrected chi connectivity index (χ4v) is 2.22. The van der Waals surface area contributed by atoms with Gasteiger partial charge >= 0.3 is 6.18 Å². The van der Waals surface area contributed by atoms with Crippen molar-refractivity contribution in [1.82, 2.24) is 5.32 Å². The lowest BCUT2D eigenvalue weighted by molar-refractivity contribution is -0.156. The van der Waals surface area contributed by atoms with E-state index in [1.807, 2.05) is 12.1 Å². The average Bonchev–Trinajstić information content (AvgIpc) is 2.16. The van der Waals surface area contributed by atoms with E-state index in [1.54, 1.807) is 12.1 Å². The highest BCUT2D eigenvalue weighted by Gasteiger charge is 2.39. The van der Waals surface area contributed by atoms with Gasteiger partial charge < -0.3 is 5.32 Å². The molecule has 1 nitrogen and oxygen atoms in total. The smallest absolute Gasteiger partial charge is 0.306 e. The second-order valence-corrected chi connectivity index (χ2v) is 4.56. The van der Waals surface area contributed by atoms with Crippen LogP contribution in [0.2, 0.25) is 0 Å². The summed E-state index contributed by atoms with van der Waals surface area (Å²) in [6.07, 6.45) is -0.691. The number of benzene rings is 1. The Labute approximate surface area is 99.0 Å². The first-order chi connectivity index (χ1) is 8.02. The lowest BCUT2D eigenvalue weighted by atomic mass is 9.80. The minimum atomic E-state index is -4.24. The minimum Gasteiger partial charge on any atom is -0.306 e. The third kappa shape index (κ3) is 2.63. The molecule has 0 saturated heterocycles. The van der Waals surface area contributed by atoms with Crippen LogP contribution in [0.5, 0.6) is 0 Å². The first-order valence-electron chi connectivity index (χ1n) is 5.86. The standard InChI is InChI=1S/C13H16F3N/c1-17-12(13(14,15)16)11-7-5-10(6-8-11)9-3-2-4-9/h5-9,12,17H,2-4H2,1H3. The van der Waals surface area contributed by atoms with Crippen molar-refractivity contribution < 1.29 is 13.2 Å². The molecule has 1 fully saturated rings. The summed E-state index contributed by atoms with van der Waals surface area (Å²) in [5, 5.41) is 2.31. The summed E-state index contributed by atoms with van der Waals surface area (Å²) in [5.41, 5.74) is 1.44. The summed E-state index contributed by atoms with van der Waals surface area (Å²) in [7, 11) is 1.33. The molecule has 1 saturated carbocycles. The molecule has 1 aromatic carbocycles. The Hall–Kier alpha value is -1.03. The van der Waals surface area contributed by atoms with E-state index in [9.17, 15) is 13.2 Å². The van der Waals surface area contributed by atoms with Gasteiger partial charge in [-0.05, 0) is 36.9 Å². The van der Waals surface area contributed by atoms with Crippen molar-refractivity contribution in [3.63, 3.8) is 0 Å². The summed E-state index contributed by atoms with van der Waals surface area (Å²) in [6, 6.07) is 5.26. The molecular formula is C13H16F3N. The van der Waals surface area contributed by atoms with Crippen LogP contribution in [-0.4, -0.2) is 13.2 Å². The summed E-state index contributed by atoms with van der Waals surface area (Å²) in [5.74, 6) is 0.558. The Kier molecular flexibility index (Phi) is 3.43. The van der Waals surface area contributed by atoms with Crippen LogP contribution in [0.3, 0.4) is 0 Å². The van der Waals surface area contributed by atoms with Crippen LogP contribution in [0.4, 0.5) is 13.2 Å². The van der Waals surface area contributed by atoms with E-state index in [-0.39, 0.29) is 5.56 Å². The molecule has 1 aromatic rings. The van der Waals surface area contributed by atoms with Crippen molar-refractivity contribution in [2.75, 3.05) is 7.05 Å². The predicted molar refractivity (Wildman–Crippen MR) is 60.9 cm³/mol. The molecular weight excluding hydrogens is 227 g/mol. The summed E-state index contributed by atoms with van der Waals surface area (Å²) < 4.78 is 38.0. The normalized spacial score (nSPS) is 18.8. The van der Waals surface area contributed by atoms with Gasteiger partial charge in [-0.3, -0.25) is 0 Å². The quantitative estimate of drug-likeness (QED) is 0.852. The Balaban J connectivity index is 2.15. The molecule has 0 radical (unpaired) electrons. The minimum absolute atomic E-state index is 0.281. The molecule has 1 atom stereocenters. The predicted octanol–water partition coefficient (Wildman–Crippen LogP) is 3.78. The Morgan fingerprint density at radius 1 is 1.18 bits per heavy atom. The molecule has 1 unspecified atom stereocenters. The van der Waals surface area contributed by atoms with Crippen LogP contribution in [-0.2, 0) is 0 Å². The van der Waals surface area contributed by atoms with Crippen molar-refractivity contribution in [3.05, 3.63) is 35.4 Å². The maximum absolute atomic E-state index is 12.7. The maximum atomic E-state index is 12.7. The largest absolute Gasteiger partial charge is 0.407 e. The molecule has 1 aliphatic rings. The molecule has 1 N–H and O–H groups in total. The van der Waals surface area contributed by atoms with E-state index >= 15 is 0 Å². The molecule has 1 aliphatic carbocycles. The van der Waals surface area contributed by atoms with Gasteiger partial charge in [0, 0.05) is 0 Å². The second kappa shape index (κ2) is 4.69. The molecule has 2 rings (SSSR count). The van der Waals surface area contributed by atoms with Crippen molar-refractivity contribution in [3.8, 4) is 0 Å². The van der Waals surface area contributed by atoms with Crippen molar-refractivity contribution in [2.24, 2.45) is 0 Å². The van der Waals surface area contributed by atoms with Crippen molar-refractivity contribution in [2.45, 2.75) is 37.4 Å². The van der Waals surface area contributed by atoms with Gasteiger partial charge in [-0.1, -0.05) is 30.7 Å². The van der Waals surface area contributed by atoms with Gasteiger partial charge in [-0.15, -0.1) is 0 Å². The SMILES string of the molecule is CNC(c1ccc(C2CCC2)cc1)C(F)(F)F. The van der Waals surface area contributed by atoms with Crippen LogP contribution >= 0.6 is 0 Å². The maximum Gasteiger partial charge on any atom is 0.407 e. The van der Waals surface area contributed by atoms with Gasteiger partial charge in [0.1, 0.15) is 6.04 Å². The molecule has 94 valence electrons. The third-order valence-corrected chi connectivity index (χ3v) is 3.46. The number of rotatable bonds is 3. The Morgan fingerprint density at radius 2 is 1.76 bits per heavy atom. The van der Waals surface area contributed by atoms with Crippen molar-refractivity contribution >= 4 is 0 Å². The topological polar surface area (TPSA) is 12.0 Å². The lowest BCUT2D eigenvalue weighted by Crippen LogP contribution is -2.31. The highest BCUT2D eigenvalue weighted by molar-refractivity contribution is 5.29. The molecule has 4 heteroatoms. The average molecular weight is 243 g/mol. The van der Waals surface area contributed by atoms with Crippen LogP contribution in [0.15, 0.2) is 24.3 Å². The highest BCUT2D eigenvalue weighted by atomic mass is 19.4. The zero-order chi connectivity index (χ0) is 12.5.